The van der Waals surface area contributed by atoms with Crippen molar-refractivity contribution in [3.63, 3.8) is 0 Å². The first kappa shape index (κ1) is 17.1. The van der Waals surface area contributed by atoms with E-state index in [4.69, 9.17) is 23.7 Å². The van der Waals surface area contributed by atoms with Gasteiger partial charge in [0.15, 0.2) is 11.5 Å². The number of carbonyl (C=O) groups is 2. The number of benzene rings is 1. The molecule has 134 valence electrons. The maximum Gasteiger partial charge on any atom is 0.355 e. The van der Waals surface area contributed by atoms with Crippen molar-refractivity contribution in [1.82, 2.24) is 0 Å². The molecule has 0 bridgehead atoms. The van der Waals surface area contributed by atoms with Gasteiger partial charge in [0, 0.05) is 6.07 Å². The van der Waals surface area contributed by atoms with Crippen molar-refractivity contribution >= 4 is 17.6 Å². The van der Waals surface area contributed by atoms with Crippen LogP contribution in [-0.4, -0.2) is 52.7 Å². The summed E-state index contributed by atoms with van der Waals surface area (Å²) in [7, 11) is 2.51. The molecule has 1 aromatic rings. The molecule has 0 unspecified atom stereocenters. The zero-order valence-corrected chi connectivity index (χ0v) is 14.3. The van der Waals surface area contributed by atoms with Crippen LogP contribution in [0.15, 0.2) is 23.4 Å². The van der Waals surface area contributed by atoms with Crippen molar-refractivity contribution in [3.8, 4) is 11.5 Å². The summed E-state index contributed by atoms with van der Waals surface area (Å²) in [5.74, 6) is -0.0678. The van der Waals surface area contributed by atoms with Crippen LogP contribution in [0.1, 0.15) is 5.56 Å². The van der Waals surface area contributed by atoms with E-state index in [2.05, 4.69) is 0 Å². The molecule has 0 aromatic heterocycles. The summed E-state index contributed by atoms with van der Waals surface area (Å²) in [5.41, 5.74) is 1.70. The number of anilines is 1. The highest BCUT2D eigenvalue weighted by Crippen LogP contribution is 2.39. The smallest absolute Gasteiger partial charge is 0.355 e. The second-order valence-corrected chi connectivity index (χ2v) is 5.50. The summed E-state index contributed by atoms with van der Waals surface area (Å²) in [5, 5.41) is 0. The Balaban J connectivity index is 2.11. The molecule has 0 radical (unpaired) electrons. The number of hydrogen-bond acceptors (Lipinski definition) is 8. The van der Waals surface area contributed by atoms with Gasteiger partial charge in [-0.1, -0.05) is 0 Å². The summed E-state index contributed by atoms with van der Waals surface area (Å²) in [4.78, 5) is 26.0. The fourth-order valence-electron chi connectivity index (χ4n) is 2.80. The Bertz CT molecular complexity index is 741. The third-order valence-corrected chi connectivity index (χ3v) is 3.98. The van der Waals surface area contributed by atoms with Crippen LogP contribution < -0.4 is 14.4 Å². The number of methoxy groups -OCH3 is 2. The van der Waals surface area contributed by atoms with Crippen molar-refractivity contribution in [2.24, 2.45) is 0 Å². The third-order valence-electron chi connectivity index (χ3n) is 3.98. The van der Waals surface area contributed by atoms with Gasteiger partial charge >= 0.3 is 11.9 Å². The van der Waals surface area contributed by atoms with E-state index in [1.54, 1.807) is 11.0 Å². The molecule has 0 aliphatic carbocycles. The standard InChI is InChI=1S/C17H19NO7/c1-10-6-13-14(25-5-4-24-13)7-12(10)18-9-23-8-11(16(19)21-2)15(18)17(20)22-3/h6-7H,4-5,8-9H2,1-3H3. The number of hydrogen-bond donors (Lipinski definition) is 0. The molecule has 0 amide bonds. The number of fused-ring (bicyclic) bond motifs is 1. The van der Waals surface area contributed by atoms with Gasteiger partial charge < -0.3 is 28.6 Å². The summed E-state index contributed by atoms with van der Waals surface area (Å²) < 4.78 is 26.3. The molecule has 0 spiro atoms. The Hall–Kier alpha value is -2.74. The quantitative estimate of drug-likeness (QED) is 0.752. The number of rotatable bonds is 3. The van der Waals surface area contributed by atoms with Gasteiger partial charge in [0.1, 0.15) is 25.6 Å². The van der Waals surface area contributed by atoms with Crippen LogP contribution in [0.25, 0.3) is 0 Å². The number of nitrogens with zero attached hydrogens (tertiary/aromatic N) is 1. The Morgan fingerprint density at radius 3 is 2.32 bits per heavy atom. The van der Waals surface area contributed by atoms with Crippen molar-refractivity contribution in [1.29, 1.82) is 0 Å². The first-order valence-corrected chi connectivity index (χ1v) is 7.72. The molecule has 2 aliphatic rings. The lowest BCUT2D eigenvalue weighted by Gasteiger charge is -2.33. The van der Waals surface area contributed by atoms with Crippen LogP contribution >= 0.6 is 0 Å². The summed E-state index contributed by atoms with van der Waals surface area (Å²) in [6, 6.07) is 3.58. The van der Waals surface area contributed by atoms with E-state index >= 15 is 0 Å². The van der Waals surface area contributed by atoms with Gasteiger partial charge in [-0.05, 0) is 18.6 Å². The number of ether oxygens (including phenoxy) is 5. The van der Waals surface area contributed by atoms with E-state index in [1.165, 1.54) is 14.2 Å². The van der Waals surface area contributed by atoms with Gasteiger partial charge in [-0.2, -0.15) is 0 Å². The molecule has 1 aromatic carbocycles. The first-order chi connectivity index (χ1) is 12.1. The maximum atomic E-state index is 12.3. The molecule has 25 heavy (non-hydrogen) atoms. The van der Waals surface area contributed by atoms with Crippen molar-refractivity contribution in [2.45, 2.75) is 6.92 Å². The van der Waals surface area contributed by atoms with Crippen LogP contribution in [0.5, 0.6) is 11.5 Å². The highest BCUT2D eigenvalue weighted by molar-refractivity contribution is 6.03. The van der Waals surface area contributed by atoms with Gasteiger partial charge in [0.2, 0.25) is 0 Å². The van der Waals surface area contributed by atoms with Crippen LogP contribution in [-0.2, 0) is 23.8 Å². The van der Waals surface area contributed by atoms with Gasteiger partial charge in [0.25, 0.3) is 0 Å². The highest BCUT2D eigenvalue weighted by Gasteiger charge is 2.33. The molecular weight excluding hydrogens is 330 g/mol. The molecule has 8 nitrogen and oxygen atoms in total. The SMILES string of the molecule is COC(=O)C1=C(C(=O)OC)N(c2cc3c(cc2C)OCCO3)COC1. The van der Waals surface area contributed by atoms with Crippen LogP contribution in [0.2, 0.25) is 0 Å². The van der Waals surface area contributed by atoms with Crippen molar-refractivity contribution in [2.75, 3.05) is 45.7 Å². The average Bonchev–Trinajstić information content (AvgIpc) is 2.65. The lowest BCUT2D eigenvalue weighted by Crippen LogP contribution is -2.39. The molecular formula is C17H19NO7. The Kier molecular flexibility index (Phi) is 4.80. The topological polar surface area (TPSA) is 83.5 Å². The second kappa shape index (κ2) is 7.02. The second-order valence-electron chi connectivity index (χ2n) is 5.50. The van der Waals surface area contributed by atoms with Gasteiger partial charge in [-0.15, -0.1) is 0 Å². The number of esters is 2. The lowest BCUT2D eigenvalue weighted by molar-refractivity contribution is -0.140. The zero-order chi connectivity index (χ0) is 18.0. The first-order valence-electron chi connectivity index (χ1n) is 7.72. The van der Waals surface area contributed by atoms with Crippen molar-refractivity contribution in [3.05, 3.63) is 29.0 Å². The van der Waals surface area contributed by atoms with Gasteiger partial charge in [-0.25, -0.2) is 9.59 Å². The highest BCUT2D eigenvalue weighted by atomic mass is 16.6. The summed E-state index contributed by atoms with van der Waals surface area (Å²) >= 11 is 0. The van der Waals surface area contributed by atoms with Gasteiger partial charge in [0.05, 0.1) is 32.1 Å². The van der Waals surface area contributed by atoms with E-state index in [0.29, 0.717) is 30.4 Å². The van der Waals surface area contributed by atoms with Crippen LogP contribution in [0.4, 0.5) is 5.69 Å². The lowest BCUT2D eigenvalue weighted by atomic mass is 10.1. The van der Waals surface area contributed by atoms with Crippen LogP contribution in [0.3, 0.4) is 0 Å². The zero-order valence-electron chi connectivity index (χ0n) is 14.3. The minimum atomic E-state index is -0.641. The molecule has 2 aliphatic heterocycles. The molecule has 2 heterocycles. The van der Waals surface area contributed by atoms with E-state index < -0.39 is 11.9 Å². The van der Waals surface area contributed by atoms with E-state index in [9.17, 15) is 9.59 Å². The fourth-order valence-corrected chi connectivity index (χ4v) is 2.80. The molecule has 8 heteroatoms. The van der Waals surface area contributed by atoms with E-state index in [0.717, 1.165) is 5.56 Å². The number of aryl methyl sites for hydroxylation is 1. The average molecular weight is 349 g/mol. The van der Waals surface area contributed by atoms with Crippen molar-refractivity contribution < 1.29 is 33.3 Å². The number of carbonyl (C=O) groups excluding carboxylic acids is 2. The van der Waals surface area contributed by atoms with E-state index in [-0.39, 0.29) is 24.6 Å². The molecule has 0 saturated carbocycles. The Morgan fingerprint density at radius 2 is 1.68 bits per heavy atom. The molecule has 0 saturated heterocycles. The third kappa shape index (κ3) is 3.12. The normalized spacial score (nSPS) is 16.5. The fraction of sp³-hybridized carbons (Fsp3) is 0.412. The molecule has 0 atom stereocenters. The van der Waals surface area contributed by atoms with E-state index in [1.807, 2.05) is 13.0 Å². The molecule has 3 rings (SSSR count). The van der Waals surface area contributed by atoms with Gasteiger partial charge in [-0.3, -0.25) is 0 Å². The Labute approximate surface area is 144 Å². The molecule has 0 N–H and O–H groups in total. The minimum Gasteiger partial charge on any atom is -0.486 e. The predicted octanol–water partition coefficient (Wildman–Crippen LogP) is 1.16. The summed E-state index contributed by atoms with van der Waals surface area (Å²) in [6.45, 7) is 2.86. The van der Waals surface area contributed by atoms with Crippen LogP contribution in [0, 0.1) is 6.92 Å². The Morgan fingerprint density at radius 1 is 1.04 bits per heavy atom. The predicted molar refractivity (Wildman–Crippen MR) is 86.5 cm³/mol. The largest absolute Gasteiger partial charge is 0.486 e. The maximum absolute atomic E-state index is 12.3. The minimum absolute atomic E-state index is 0.0305. The summed E-state index contributed by atoms with van der Waals surface area (Å²) in [6.07, 6.45) is 0. The molecule has 0 fully saturated rings. The monoisotopic (exact) mass is 349 g/mol.